The van der Waals surface area contributed by atoms with E-state index in [-0.39, 0.29) is 5.91 Å². The predicted octanol–water partition coefficient (Wildman–Crippen LogP) is 3.63. The second-order valence-electron chi connectivity index (χ2n) is 6.37. The third-order valence-electron chi connectivity index (χ3n) is 4.69. The minimum absolute atomic E-state index is 0.0628. The van der Waals surface area contributed by atoms with Crippen molar-refractivity contribution < 1.29 is 4.79 Å². The Labute approximate surface area is 152 Å². The van der Waals surface area contributed by atoms with E-state index in [9.17, 15) is 4.79 Å². The van der Waals surface area contributed by atoms with Gasteiger partial charge >= 0.3 is 0 Å². The average molecular weight is 344 g/mol. The number of anilines is 2. The van der Waals surface area contributed by atoms with E-state index >= 15 is 0 Å². The summed E-state index contributed by atoms with van der Waals surface area (Å²) < 4.78 is 0. The van der Waals surface area contributed by atoms with Gasteiger partial charge < -0.3 is 9.80 Å². The third-order valence-corrected chi connectivity index (χ3v) is 4.69. The largest absolute Gasteiger partial charge is 0.373 e. The highest BCUT2D eigenvalue weighted by Crippen LogP contribution is 2.33. The van der Waals surface area contributed by atoms with E-state index in [4.69, 9.17) is 0 Å². The lowest BCUT2D eigenvalue weighted by Crippen LogP contribution is -2.32. The maximum Gasteiger partial charge on any atom is 0.262 e. The Kier molecular flexibility index (Phi) is 4.35. The van der Waals surface area contributed by atoms with Gasteiger partial charge in [0.1, 0.15) is 6.33 Å². The Bertz CT molecular complexity index is 926. The molecule has 0 spiro atoms. The number of para-hydroxylation sites is 2. The van der Waals surface area contributed by atoms with Gasteiger partial charge in [-0.1, -0.05) is 42.5 Å². The van der Waals surface area contributed by atoms with Crippen molar-refractivity contribution in [1.82, 2.24) is 9.97 Å². The number of carbonyl (C=O) groups excluding carboxylic acids is 1. The molecule has 26 heavy (non-hydrogen) atoms. The minimum atomic E-state index is -0.0628. The summed E-state index contributed by atoms with van der Waals surface area (Å²) in [6.45, 7) is 1.58. The molecule has 0 bridgehead atoms. The average Bonchev–Trinajstić information content (AvgIpc) is 2.87. The lowest BCUT2D eigenvalue weighted by molar-refractivity contribution is 0.0987. The van der Waals surface area contributed by atoms with Gasteiger partial charge in [0, 0.05) is 31.9 Å². The molecule has 2 aromatic carbocycles. The quantitative estimate of drug-likeness (QED) is 0.712. The molecule has 0 unspecified atom stereocenters. The van der Waals surface area contributed by atoms with Crippen molar-refractivity contribution in [1.29, 1.82) is 0 Å². The molecule has 3 aromatic rings. The van der Waals surface area contributed by atoms with Crippen LogP contribution in [0.15, 0.2) is 67.1 Å². The van der Waals surface area contributed by atoms with Crippen LogP contribution in [-0.4, -0.2) is 36.0 Å². The Morgan fingerprint density at radius 3 is 2.50 bits per heavy atom. The SMILES string of the molecule is CN1CCCN(C(=O)c2cncnc2-c2ccccc2)c2ccccc21. The topological polar surface area (TPSA) is 49.3 Å². The Balaban J connectivity index is 1.79. The van der Waals surface area contributed by atoms with Crippen LogP contribution in [0.1, 0.15) is 16.8 Å². The van der Waals surface area contributed by atoms with Crippen LogP contribution in [0.2, 0.25) is 0 Å². The summed E-state index contributed by atoms with van der Waals surface area (Å²) >= 11 is 0. The molecule has 0 N–H and O–H groups in total. The fourth-order valence-electron chi connectivity index (χ4n) is 3.39. The molecular formula is C21H20N4O. The summed E-state index contributed by atoms with van der Waals surface area (Å²) in [4.78, 5) is 26.0. The van der Waals surface area contributed by atoms with Crippen LogP contribution in [0.25, 0.3) is 11.3 Å². The molecule has 0 saturated heterocycles. The van der Waals surface area contributed by atoms with Gasteiger partial charge in [0.05, 0.1) is 22.6 Å². The first kappa shape index (κ1) is 16.3. The maximum absolute atomic E-state index is 13.4. The number of amides is 1. The molecular weight excluding hydrogens is 324 g/mol. The van der Waals surface area contributed by atoms with Gasteiger partial charge in [-0.25, -0.2) is 9.97 Å². The zero-order valence-corrected chi connectivity index (χ0v) is 14.7. The zero-order valence-electron chi connectivity index (χ0n) is 14.7. The number of rotatable bonds is 2. The van der Waals surface area contributed by atoms with Gasteiger partial charge in [0.2, 0.25) is 0 Å². The highest BCUT2D eigenvalue weighted by molar-refractivity contribution is 6.10. The second-order valence-corrected chi connectivity index (χ2v) is 6.37. The van der Waals surface area contributed by atoms with E-state index in [0.717, 1.165) is 29.9 Å². The van der Waals surface area contributed by atoms with Crippen LogP contribution in [0, 0.1) is 0 Å². The molecule has 1 aliphatic heterocycles. The van der Waals surface area contributed by atoms with E-state index in [1.165, 1.54) is 6.33 Å². The van der Waals surface area contributed by atoms with Crippen molar-refractivity contribution in [2.45, 2.75) is 6.42 Å². The molecule has 1 aromatic heterocycles. The lowest BCUT2D eigenvalue weighted by atomic mass is 10.1. The summed E-state index contributed by atoms with van der Waals surface area (Å²) in [7, 11) is 2.06. The van der Waals surface area contributed by atoms with Crippen molar-refractivity contribution in [3.63, 3.8) is 0 Å². The number of benzene rings is 2. The summed E-state index contributed by atoms with van der Waals surface area (Å²) in [5.41, 5.74) is 4.11. The lowest BCUT2D eigenvalue weighted by Gasteiger charge is -2.24. The van der Waals surface area contributed by atoms with Crippen LogP contribution < -0.4 is 9.80 Å². The van der Waals surface area contributed by atoms with Crippen molar-refractivity contribution in [3.05, 3.63) is 72.7 Å². The standard InChI is InChI=1S/C21H20N4O/c1-24-12-7-13-25(19-11-6-5-10-18(19)24)21(26)17-14-22-15-23-20(17)16-8-3-2-4-9-16/h2-6,8-11,14-15H,7,12-13H2,1H3. The number of hydrogen-bond donors (Lipinski definition) is 0. The van der Waals surface area contributed by atoms with E-state index in [1.54, 1.807) is 6.20 Å². The Morgan fingerprint density at radius 1 is 0.962 bits per heavy atom. The van der Waals surface area contributed by atoms with Crippen LogP contribution >= 0.6 is 0 Å². The maximum atomic E-state index is 13.4. The van der Waals surface area contributed by atoms with Gasteiger partial charge in [0.15, 0.2) is 0 Å². The van der Waals surface area contributed by atoms with Gasteiger partial charge in [-0.15, -0.1) is 0 Å². The second kappa shape index (κ2) is 6.96. The molecule has 0 saturated carbocycles. The molecule has 1 aliphatic rings. The number of nitrogens with zero attached hydrogens (tertiary/aromatic N) is 4. The highest BCUT2D eigenvalue weighted by Gasteiger charge is 2.26. The summed E-state index contributed by atoms with van der Waals surface area (Å²) in [6, 6.07) is 17.8. The first-order valence-corrected chi connectivity index (χ1v) is 8.73. The van der Waals surface area contributed by atoms with Crippen molar-refractivity contribution >= 4 is 17.3 Å². The van der Waals surface area contributed by atoms with Crippen LogP contribution in [-0.2, 0) is 0 Å². The van der Waals surface area contributed by atoms with Gasteiger partial charge in [-0.3, -0.25) is 4.79 Å². The third kappa shape index (κ3) is 2.92. The number of aromatic nitrogens is 2. The minimum Gasteiger partial charge on any atom is -0.373 e. The highest BCUT2D eigenvalue weighted by atomic mass is 16.2. The summed E-state index contributed by atoms with van der Waals surface area (Å²) in [5.74, 6) is -0.0628. The van der Waals surface area contributed by atoms with Gasteiger partial charge in [0.25, 0.3) is 5.91 Å². The van der Waals surface area contributed by atoms with E-state index in [1.807, 2.05) is 53.4 Å². The van der Waals surface area contributed by atoms with Crippen molar-refractivity contribution in [2.75, 3.05) is 29.9 Å². The predicted molar refractivity (Wildman–Crippen MR) is 103 cm³/mol. The fourth-order valence-corrected chi connectivity index (χ4v) is 3.39. The molecule has 0 atom stereocenters. The number of hydrogen-bond acceptors (Lipinski definition) is 4. The van der Waals surface area contributed by atoms with Gasteiger partial charge in [-0.2, -0.15) is 0 Å². The molecule has 130 valence electrons. The van der Waals surface area contributed by atoms with E-state index in [2.05, 4.69) is 28.0 Å². The van der Waals surface area contributed by atoms with E-state index < -0.39 is 0 Å². The van der Waals surface area contributed by atoms with Crippen molar-refractivity contribution in [2.24, 2.45) is 0 Å². The molecule has 5 heteroatoms. The Hall–Kier alpha value is -3.21. The first-order chi connectivity index (χ1) is 12.8. The molecule has 0 fully saturated rings. The normalized spacial score (nSPS) is 13.9. The summed E-state index contributed by atoms with van der Waals surface area (Å²) in [5, 5.41) is 0. The summed E-state index contributed by atoms with van der Waals surface area (Å²) in [6.07, 6.45) is 4.02. The Morgan fingerprint density at radius 2 is 1.69 bits per heavy atom. The fraction of sp³-hybridized carbons (Fsp3) is 0.190. The molecule has 5 nitrogen and oxygen atoms in total. The molecule has 0 radical (unpaired) electrons. The molecule has 0 aliphatic carbocycles. The molecule has 4 rings (SSSR count). The van der Waals surface area contributed by atoms with Crippen LogP contribution in [0.4, 0.5) is 11.4 Å². The van der Waals surface area contributed by atoms with Crippen LogP contribution in [0.5, 0.6) is 0 Å². The molecule has 1 amide bonds. The monoisotopic (exact) mass is 344 g/mol. The molecule has 2 heterocycles. The zero-order chi connectivity index (χ0) is 17.9. The van der Waals surface area contributed by atoms with Crippen LogP contribution in [0.3, 0.4) is 0 Å². The number of fused-ring (bicyclic) bond motifs is 1. The first-order valence-electron chi connectivity index (χ1n) is 8.73. The smallest absolute Gasteiger partial charge is 0.262 e. The van der Waals surface area contributed by atoms with E-state index in [0.29, 0.717) is 17.8 Å². The number of carbonyl (C=O) groups is 1. The van der Waals surface area contributed by atoms with Gasteiger partial charge in [-0.05, 0) is 18.6 Å². The van der Waals surface area contributed by atoms with Crippen molar-refractivity contribution in [3.8, 4) is 11.3 Å².